The summed E-state index contributed by atoms with van der Waals surface area (Å²) >= 11 is 0. The summed E-state index contributed by atoms with van der Waals surface area (Å²) in [5.41, 5.74) is 0. The molecule has 12 heavy (non-hydrogen) atoms. The first kappa shape index (κ1) is 9.49. The highest BCUT2D eigenvalue weighted by Gasteiger charge is 2.11. The fraction of sp³-hybridized carbons (Fsp3) is 0.600. The van der Waals surface area contributed by atoms with Gasteiger partial charge in [0, 0.05) is 12.1 Å². The first-order valence-electron chi connectivity index (χ1n) is 4.31. The molecule has 1 aliphatic carbocycles. The van der Waals surface area contributed by atoms with Crippen LogP contribution in [-0.2, 0) is 0 Å². The Morgan fingerprint density at radius 1 is 0.667 bits per heavy atom. The van der Waals surface area contributed by atoms with Gasteiger partial charge in [-0.3, -0.25) is 9.80 Å². The number of likely N-dealkylation sites (N-methyl/N-ethyl adjacent to an activating group) is 2. The molecule has 68 valence electrons. The van der Waals surface area contributed by atoms with Crippen LogP contribution in [0.2, 0.25) is 0 Å². The highest BCUT2D eigenvalue weighted by molar-refractivity contribution is 5.19. The quantitative estimate of drug-likeness (QED) is 0.564. The fourth-order valence-electron chi connectivity index (χ4n) is 1.27. The van der Waals surface area contributed by atoms with Crippen LogP contribution >= 0.6 is 0 Å². The summed E-state index contributed by atoms with van der Waals surface area (Å²) < 4.78 is 0. The van der Waals surface area contributed by atoms with E-state index in [1.54, 1.807) is 0 Å². The molecule has 0 N–H and O–H groups in total. The normalized spacial score (nSPS) is 28.8. The summed E-state index contributed by atoms with van der Waals surface area (Å²) in [7, 11) is 8.37. The van der Waals surface area contributed by atoms with E-state index < -0.39 is 0 Å². The fourth-order valence-corrected chi connectivity index (χ4v) is 1.27. The van der Waals surface area contributed by atoms with Crippen LogP contribution in [0.25, 0.3) is 0 Å². The third-order valence-electron chi connectivity index (χ3n) is 2.20. The van der Waals surface area contributed by atoms with Gasteiger partial charge in [0.25, 0.3) is 0 Å². The smallest absolute Gasteiger partial charge is 0.0457 e. The number of hydrogen-bond acceptors (Lipinski definition) is 2. The van der Waals surface area contributed by atoms with E-state index in [-0.39, 0.29) is 0 Å². The van der Waals surface area contributed by atoms with Crippen LogP contribution in [0.1, 0.15) is 0 Å². The van der Waals surface area contributed by atoms with Gasteiger partial charge in [-0.15, -0.1) is 0 Å². The van der Waals surface area contributed by atoms with Crippen LogP contribution in [0.3, 0.4) is 0 Å². The maximum Gasteiger partial charge on any atom is 0.0457 e. The van der Waals surface area contributed by atoms with E-state index in [0.717, 1.165) is 0 Å². The third-order valence-corrected chi connectivity index (χ3v) is 2.20. The second kappa shape index (κ2) is 3.87. The van der Waals surface area contributed by atoms with Crippen LogP contribution in [-0.4, -0.2) is 50.1 Å². The summed E-state index contributed by atoms with van der Waals surface area (Å²) in [6.45, 7) is 0. The monoisotopic (exact) mass is 166 g/mol. The predicted molar refractivity (Wildman–Crippen MR) is 53.2 cm³/mol. The molecule has 0 amide bonds. The average Bonchev–Trinajstić information content (AvgIpc) is 2.04. The van der Waals surface area contributed by atoms with E-state index >= 15 is 0 Å². The minimum absolute atomic E-state index is 0.473. The Hall–Kier alpha value is -0.600. The maximum absolute atomic E-state index is 2.24. The number of rotatable bonds is 2. The summed E-state index contributed by atoms with van der Waals surface area (Å²) in [5.74, 6) is 0. The van der Waals surface area contributed by atoms with E-state index in [1.165, 1.54) is 0 Å². The Morgan fingerprint density at radius 3 is 1.08 bits per heavy atom. The second-order valence-electron chi connectivity index (χ2n) is 3.68. The summed E-state index contributed by atoms with van der Waals surface area (Å²) in [4.78, 5) is 4.39. The van der Waals surface area contributed by atoms with Crippen molar-refractivity contribution < 1.29 is 0 Å². The predicted octanol–water partition coefficient (Wildman–Crippen LogP) is 0.973. The van der Waals surface area contributed by atoms with Gasteiger partial charge >= 0.3 is 0 Å². The summed E-state index contributed by atoms with van der Waals surface area (Å²) in [5, 5.41) is 0. The zero-order chi connectivity index (χ0) is 9.14. The van der Waals surface area contributed by atoms with Gasteiger partial charge in [0.05, 0.1) is 0 Å². The van der Waals surface area contributed by atoms with Crippen molar-refractivity contribution in [2.75, 3.05) is 28.2 Å². The van der Waals surface area contributed by atoms with Gasteiger partial charge in [-0.2, -0.15) is 0 Å². The zero-order valence-electron chi connectivity index (χ0n) is 8.36. The standard InChI is InChI=1S/C10H18N2/c1-11(2)9-5-7-10(8-6-9)12(3)4/h5-10H,1-4H3. The van der Waals surface area contributed by atoms with Gasteiger partial charge in [-0.25, -0.2) is 0 Å². The van der Waals surface area contributed by atoms with Gasteiger partial charge in [0.1, 0.15) is 0 Å². The minimum Gasteiger partial charge on any atom is -0.300 e. The van der Waals surface area contributed by atoms with Crippen molar-refractivity contribution in [3.05, 3.63) is 24.3 Å². The molecule has 0 aromatic carbocycles. The van der Waals surface area contributed by atoms with Gasteiger partial charge < -0.3 is 0 Å². The Balaban J connectivity index is 2.54. The lowest BCUT2D eigenvalue weighted by Crippen LogP contribution is -2.31. The molecule has 0 radical (unpaired) electrons. The van der Waals surface area contributed by atoms with Crippen molar-refractivity contribution >= 4 is 0 Å². The first-order valence-corrected chi connectivity index (χ1v) is 4.31. The molecular formula is C10H18N2. The van der Waals surface area contributed by atoms with Crippen LogP contribution in [0, 0.1) is 0 Å². The lowest BCUT2D eigenvalue weighted by molar-refractivity contribution is 0.361. The van der Waals surface area contributed by atoms with Gasteiger partial charge in [0.15, 0.2) is 0 Å². The molecule has 0 bridgehead atoms. The molecule has 0 saturated heterocycles. The molecule has 0 heterocycles. The topological polar surface area (TPSA) is 6.48 Å². The van der Waals surface area contributed by atoms with Crippen molar-refractivity contribution in [3.8, 4) is 0 Å². The molecule has 2 heteroatoms. The number of nitrogens with zero attached hydrogens (tertiary/aromatic N) is 2. The zero-order valence-corrected chi connectivity index (χ0v) is 8.36. The molecule has 0 aliphatic heterocycles. The molecule has 0 aromatic heterocycles. The lowest BCUT2D eigenvalue weighted by atomic mass is 10.1. The molecule has 1 rings (SSSR count). The highest BCUT2D eigenvalue weighted by atomic mass is 15.1. The molecular weight excluding hydrogens is 148 g/mol. The molecule has 0 fully saturated rings. The lowest BCUT2D eigenvalue weighted by Gasteiger charge is -2.25. The maximum atomic E-state index is 2.24. The van der Waals surface area contributed by atoms with Crippen molar-refractivity contribution in [1.82, 2.24) is 9.80 Å². The van der Waals surface area contributed by atoms with E-state index in [1.807, 2.05) is 0 Å². The molecule has 2 nitrogen and oxygen atoms in total. The van der Waals surface area contributed by atoms with E-state index in [9.17, 15) is 0 Å². The van der Waals surface area contributed by atoms with E-state index in [4.69, 9.17) is 0 Å². The summed E-state index contributed by atoms with van der Waals surface area (Å²) in [6, 6.07) is 0.947. The van der Waals surface area contributed by atoms with Gasteiger partial charge in [-0.1, -0.05) is 24.3 Å². The van der Waals surface area contributed by atoms with Crippen LogP contribution in [0.5, 0.6) is 0 Å². The Bertz CT molecular complexity index is 158. The van der Waals surface area contributed by atoms with E-state index in [0.29, 0.717) is 12.1 Å². The Morgan fingerprint density at radius 2 is 0.917 bits per heavy atom. The Kier molecular flexibility index (Phi) is 3.06. The van der Waals surface area contributed by atoms with Gasteiger partial charge in [0.2, 0.25) is 0 Å². The van der Waals surface area contributed by atoms with Crippen molar-refractivity contribution in [3.63, 3.8) is 0 Å². The third kappa shape index (κ3) is 2.19. The van der Waals surface area contributed by atoms with Crippen LogP contribution in [0.4, 0.5) is 0 Å². The van der Waals surface area contributed by atoms with Crippen molar-refractivity contribution in [1.29, 1.82) is 0 Å². The summed E-state index contributed by atoms with van der Waals surface area (Å²) in [6.07, 6.45) is 8.96. The minimum atomic E-state index is 0.473. The molecule has 0 spiro atoms. The molecule has 0 atom stereocenters. The van der Waals surface area contributed by atoms with E-state index in [2.05, 4.69) is 62.3 Å². The molecule has 0 aromatic rings. The first-order chi connectivity index (χ1) is 5.61. The van der Waals surface area contributed by atoms with Crippen LogP contribution < -0.4 is 0 Å². The van der Waals surface area contributed by atoms with Crippen molar-refractivity contribution in [2.45, 2.75) is 12.1 Å². The number of hydrogen-bond donors (Lipinski definition) is 0. The second-order valence-corrected chi connectivity index (χ2v) is 3.68. The molecule has 0 unspecified atom stereocenters. The van der Waals surface area contributed by atoms with Gasteiger partial charge in [-0.05, 0) is 28.2 Å². The highest BCUT2D eigenvalue weighted by Crippen LogP contribution is 2.09. The Labute approximate surface area is 75.2 Å². The molecule has 0 saturated carbocycles. The van der Waals surface area contributed by atoms with Crippen LogP contribution in [0.15, 0.2) is 24.3 Å². The SMILES string of the molecule is CN(C)C1C=CC(N(C)C)C=C1. The average molecular weight is 166 g/mol. The molecule has 1 aliphatic rings. The van der Waals surface area contributed by atoms with Crippen molar-refractivity contribution in [2.24, 2.45) is 0 Å². The largest absolute Gasteiger partial charge is 0.300 e.